The number of hydrogen-bond donors (Lipinski definition) is 8. The van der Waals surface area contributed by atoms with Crippen LogP contribution in [0.25, 0.3) is 0 Å². The molecule has 14 nitrogen and oxygen atoms in total. The van der Waals surface area contributed by atoms with Crippen molar-refractivity contribution in [2.24, 2.45) is 83.2 Å². The lowest BCUT2D eigenvalue weighted by Crippen LogP contribution is -2.66. The number of carbonyl (C=O) groups excluding carboxylic acids is 1. The van der Waals surface area contributed by atoms with Crippen LogP contribution in [0.3, 0.4) is 0 Å². The van der Waals surface area contributed by atoms with E-state index in [0.29, 0.717) is 12.3 Å². The fourth-order valence-corrected chi connectivity index (χ4v) is 10.8. The highest BCUT2D eigenvalue weighted by atomic mass is 16.4. The first kappa shape index (κ1) is 42.7. The highest BCUT2D eigenvalue weighted by Crippen LogP contribution is 2.75. The lowest BCUT2D eigenvalue weighted by molar-refractivity contribution is -0.202. The van der Waals surface area contributed by atoms with Gasteiger partial charge < -0.3 is 42.9 Å². The van der Waals surface area contributed by atoms with E-state index in [2.05, 4.69) is 51.5 Å². The molecule has 5 aliphatic carbocycles. The molecule has 4 saturated carbocycles. The summed E-state index contributed by atoms with van der Waals surface area (Å²) >= 11 is 0. The Morgan fingerprint density at radius 1 is 0.808 bits per heavy atom. The van der Waals surface area contributed by atoms with Crippen LogP contribution in [-0.2, 0) is 9.59 Å². The fourth-order valence-electron chi connectivity index (χ4n) is 10.8. The smallest absolute Gasteiger partial charge is 0.309 e. The minimum Gasteiger partial charge on any atom is -0.481 e. The van der Waals surface area contributed by atoms with Crippen molar-refractivity contribution >= 4 is 35.6 Å². The molecule has 4 fully saturated rings. The number of carboxylic acids is 1. The second-order valence-electron chi connectivity index (χ2n) is 18.4. The van der Waals surface area contributed by atoms with E-state index >= 15 is 0 Å². The third-order valence-electron chi connectivity index (χ3n) is 14.4. The maximum absolute atomic E-state index is 14.2. The van der Waals surface area contributed by atoms with E-state index in [1.807, 2.05) is 13.0 Å². The van der Waals surface area contributed by atoms with E-state index < -0.39 is 11.4 Å². The van der Waals surface area contributed by atoms with E-state index in [-0.39, 0.29) is 74.6 Å². The van der Waals surface area contributed by atoms with E-state index in [4.69, 9.17) is 33.8 Å². The normalized spacial score (nSPS) is 38.2. The molecule has 0 aliphatic heterocycles. The van der Waals surface area contributed by atoms with Crippen molar-refractivity contribution in [2.75, 3.05) is 28.2 Å². The van der Waals surface area contributed by atoms with Crippen LogP contribution >= 0.6 is 0 Å². The third-order valence-corrected chi connectivity index (χ3v) is 14.4. The molecule has 14 heteroatoms. The summed E-state index contributed by atoms with van der Waals surface area (Å²) in [7, 11) is 6.76. The van der Waals surface area contributed by atoms with E-state index in [0.717, 1.165) is 51.4 Å². The van der Waals surface area contributed by atoms with E-state index in [1.54, 1.807) is 28.2 Å². The Hall–Kier alpha value is -3.68. The number of hydrogen-bond acceptors (Lipinski definition) is 5. The Bertz CT molecular complexity index is 1480. The van der Waals surface area contributed by atoms with Crippen LogP contribution in [0.2, 0.25) is 0 Å². The number of nitrogens with zero attached hydrogens (tertiary/aromatic N) is 4. The van der Waals surface area contributed by atoms with Crippen molar-refractivity contribution in [1.29, 1.82) is 10.8 Å². The third kappa shape index (κ3) is 7.54. The number of nitrogens with two attached hydrogens (primary N) is 4. The van der Waals surface area contributed by atoms with Crippen LogP contribution in [0.4, 0.5) is 0 Å². The monoisotopic (exact) mass is 729 g/mol. The van der Waals surface area contributed by atoms with Gasteiger partial charge in [0.1, 0.15) is 0 Å². The minimum atomic E-state index is -0.711. The summed E-state index contributed by atoms with van der Waals surface area (Å²) in [6, 6.07) is 0. The zero-order valence-corrected chi connectivity index (χ0v) is 33.6. The Balaban J connectivity index is 0.000000335. The van der Waals surface area contributed by atoms with Crippen molar-refractivity contribution in [2.45, 2.75) is 112 Å². The number of aliphatic hydroxyl groups excluding tert-OH is 1. The highest BCUT2D eigenvalue weighted by molar-refractivity contribution is 5.96. The zero-order chi connectivity index (χ0) is 40.0. The molecule has 0 radical (unpaired) electrons. The average molecular weight is 729 g/mol. The summed E-state index contributed by atoms with van der Waals surface area (Å²) in [6.07, 6.45) is 9.95. The van der Waals surface area contributed by atoms with Gasteiger partial charge in [-0.25, -0.2) is 0 Å². The number of allylic oxidation sites excluding steroid dienone is 2. The van der Waals surface area contributed by atoms with Gasteiger partial charge in [0.15, 0.2) is 17.7 Å². The van der Waals surface area contributed by atoms with Gasteiger partial charge in [-0.3, -0.25) is 20.4 Å². The number of carbonyl (C=O) groups is 2. The predicted octanol–water partition coefficient (Wildman–Crippen LogP) is 3.92. The molecule has 0 unspecified atom stereocenters. The second kappa shape index (κ2) is 14.6. The van der Waals surface area contributed by atoms with Gasteiger partial charge in [0, 0.05) is 34.1 Å². The number of carboxylic acid groups (broad SMARTS) is 1. The molecule has 0 aromatic rings. The molecule has 0 amide bonds. The number of nitrogens with one attached hydrogen (secondary N) is 2. The number of fused-ring (bicyclic) bond motifs is 7. The lowest BCUT2D eigenvalue weighted by Gasteiger charge is -2.70. The number of aliphatic hydroxyl groups is 1. The largest absolute Gasteiger partial charge is 0.481 e. The van der Waals surface area contributed by atoms with Gasteiger partial charge in [-0.1, -0.05) is 47.1 Å². The van der Waals surface area contributed by atoms with Gasteiger partial charge >= 0.3 is 5.97 Å². The van der Waals surface area contributed by atoms with Crippen molar-refractivity contribution in [3.8, 4) is 0 Å². The number of rotatable bonds is 1. The molecular weight excluding hydrogens is 660 g/mol. The summed E-state index contributed by atoms with van der Waals surface area (Å²) < 4.78 is 0. The summed E-state index contributed by atoms with van der Waals surface area (Å²) in [5.74, 6) is -0.0162. The average Bonchev–Trinajstić information content (AvgIpc) is 3.01. The first-order chi connectivity index (χ1) is 23.6. The fraction of sp³-hybridized carbons (Fsp3) is 0.789. The van der Waals surface area contributed by atoms with Gasteiger partial charge in [-0.05, 0) is 110 Å². The molecule has 52 heavy (non-hydrogen) atoms. The van der Waals surface area contributed by atoms with Crippen molar-refractivity contribution < 1.29 is 19.8 Å². The highest BCUT2D eigenvalue weighted by Gasteiger charge is 2.70. The molecule has 0 aromatic heterocycles. The molecule has 5 aliphatic rings. The number of aliphatic imine (C=N–C) groups is 2. The standard InChI is InChI=1S/C30H46O4.2C4H11N5/c1-25(2)21-8-11-30(7)23(28(21,5)10-9-22(25)32)20(31)16-18-19-17-27(4,24(33)34)13-12-26(19,3)14-15-29(18,30)6;2*1-9(2)4(7)8-3(5)6/h16,19,21-23,32H,8-15,17H2,1-7H3,(H,33,34);2*1-2H3,(H5,5,6,7,8)/t19-,21+,22+,23-,26-,27+,28+,29-,30-;;/m1../s1. The van der Waals surface area contributed by atoms with Gasteiger partial charge in [-0.2, -0.15) is 9.98 Å². The summed E-state index contributed by atoms with van der Waals surface area (Å²) in [4.78, 5) is 36.3. The number of guanidine groups is 4. The maximum Gasteiger partial charge on any atom is 0.309 e. The molecule has 0 aromatic carbocycles. The molecule has 5 rings (SSSR count). The Labute approximate surface area is 310 Å². The minimum absolute atomic E-state index is 0.0296. The van der Waals surface area contributed by atoms with Crippen LogP contribution < -0.4 is 22.9 Å². The van der Waals surface area contributed by atoms with Crippen LogP contribution in [0.1, 0.15) is 106 Å². The Morgan fingerprint density at radius 2 is 1.31 bits per heavy atom. The topological polar surface area (TPSA) is 258 Å². The van der Waals surface area contributed by atoms with Crippen LogP contribution in [0, 0.1) is 61.1 Å². The van der Waals surface area contributed by atoms with E-state index in [9.17, 15) is 19.8 Å². The molecule has 0 heterocycles. The quantitative estimate of drug-likeness (QED) is 0.143. The molecule has 294 valence electrons. The van der Waals surface area contributed by atoms with Gasteiger partial charge in [0.2, 0.25) is 11.9 Å². The second-order valence-corrected chi connectivity index (χ2v) is 18.4. The first-order valence-corrected chi connectivity index (χ1v) is 18.5. The van der Waals surface area contributed by atoms with Gasteiger partial charge in [0.25, 0.3) is 0 Å². The molecule has 9 atom stereocenters. The molecule has 0 saturated heterocycles. The van der Waals surface area contributed by atoms with Crippen molar-refractivity contribution in [3.63, 3.8) is 0 Å². The van der Waals surface area contributed by atoms with Crippen molar-refractivity contribution in [1.82, 2.24) is 9.80 Å². The first-order valence-electron chi connectivity index (χ1n) is 18.5. The molecular formula is C38H68N10O4. The van der Waals surface area contributed by atoms with E-state index in [1.165, 1.54) is 15.4 Å². The molecule has 0 spiro atoms. The molecule has 12 N–H and O–H groups in total. The van der Waals surface area contributed by atoms with Gasteiger partial charge in [0.05, 0.1) is 11.5 Å². The van der Waals surface area contributed by atoms with Gasteiger partial charge in [-0.15, -0.1) is 0 Å². The zero-order valence-electron chi connectivity index (χ0n) is 33.6. The SMILES string of the molecule is CC1(C)[C@@H](O)CC[C@]2(C)[C@H]3C(=O)C=C4[C@H]5C[C@@](C)(C(=O)O)CC[C@]5(C)CC[C@@]4(C)[C@]3(C)CC[C@@H]12.CN(C)C(=N)N=C(N)N.CN(C)C(=N)N=C(N)N. The Morgan fingerprint density at radius 3 is 1.75 bits per heavy atom. The maximum atomic E-state index is 14.2. The number of ketones is 1. The van der Waals surface area contributed by atoms with Crippen molar-refractivity contribution in [3.05, 3.63) is 11.6 Å². The summed E-state index contributed by atoms with van der Waals surface area (Å²) in [5, 5.41) is 35.0. The van der Waals surface area contributed by atoms with Crippen LogP contribution in [-0.4, -0.2) is 89.9 Å². The summed E-state index contributed by atoms with van der Waals surface area (Å²) in [5.41, 5.74) is 20.1. The number of aliphatic carboxylic acids is 1. The van der Waals surface area contributed by atoms with Crippen LogP contribution in [0.15, 0.2) is 21.6 Å². The Kier molecular flexibility index (Phi) is 12.0. The molecule has 0 bridgehead atoms. The summed E-state index contributed by atoms with van der Waals surface area (Å²) in [6.45, 7) is 15.8. The lowest BCUT2D eigenvalue weighted by atomic mass is 9.33. The predicted molar refractivity (Wildman–Crippen MR) is 208 cm³/mol. The van der Waals surface area contributed by atoms with Crippen LogP contribution in [0.5, 0.6) is 0 Å².